The van der Waals surface area contributed by atoms with Gasteiger partial charge in [-0.25, -0.2) is 0 Å². The summed E-state index contributed by atoms with van der Waals surface area (Å²) < 4.78 is 15.9. The van der Waals surface area contributed by atoms with E-state index in [1.165, 1.54) is 0 Å². The molecule has 0 amide bonds. The van der Waals surface area contributed by atoms with Gasteiger partial charge in [-0.1, -0.05) is 23.3 Å². The van der Waals surface area contributed by atoms with Crippen molar-refractivity contribution in [1.82, 2.24) is 15.5 Å². The van der Waals surface area contributed by atoms with Crippen molar-refractivity contribution >= 4 is 6.01 Å². The molecule has 0 aliphatic carbocycles. The molecule has 0 atom stereocenters. The minimum atomic E-state index is 0.398. The molecule has 1 aromatic heterocycles. The SMILES string of the molecule is COCCNCc1nnc(NCCOc2ccccc2)o1. The second-order valence-corrected chi connectivity index (χ2v) is 4.26. The predicted octanol–water partition coefficient (Wildman–Crippen LogP) is 1.30. The zero-order chi connectivity index (χ0) is 14.8. The van der Waals surface area contributed by atoms with Gasteiger partial charge in [0.2, 0.25) is 5.89 Å². The molecule has 0 aliphatic heterocycles. The molecule has 0 aliphatic rings. The maximum Gasteiger partial charge on any atom is 0.315 e. The fourth-order valence-corrected chi connectivity index (χ4v) is 1.61. The van der Waals surface area contributed by atoms with Crippen molar-refractivity contribution in [2.45, 2.75) is 6.54 Å². The quantitative estimate of drug-likeness (QED) is 0.639. The van der Waals surface area contributed by atoms with E-state index in [0.29, 0.717) is 38.2 Å². The van der Waals surface area contributed by atoms with E-state index < -0.39 is 0 Å². The molecule has 0 saturated heterocycles. The molecule has 2 aromatic rings. The van der Waals surface area contributed by atoms with E-state index in [4.69, 9.17) is 13.9 Å². The second-order valence-electron chi connectivity index (χ2n) is 4.26. The standard InChI is InChI=1S/C14H20N4O3/c1-19-9-7-15-11-13-17-18-14(21-13)16-8-10-20-12-5-3-2-4-6-12/h2-6,15H,7-11H2,1H3,(H,16,18). The van der Waals surface area contributed by atoms with E-state index >= 15 is 0 Å². The van der Waals surface area contributed by atoms with E-state index in [0.717, 1.165) is 12.3 Å². The minimum absolute atomic E-state index is 0.398. The van der Waals surface area contributed by atoms with Gasteiger partial charge in [0.25, 0.3) is 0 Å². The highest BCUT2D eigenvalue weighted by Gasteiger charge is 2.04. The van der Waals surface area contributed by atoms with E-state index in [9.17, 15) is 0 Å². The van der Waals surface area contributed by atoms with Crippen LogP contribution >= 0.6 is 0 Å². The highest BCUT2D eigenvalue weighted by Crippen LogP contribution is 2.08. The Hall–Kier alpha value is -2.12. The Bertz CT molecular complexity index is 504. The topological polar surface area (TPSA) is 81.4 Å². The molecule has 2 N–H and O–H groups in total. The summed E-state index contributed by atoms with van der Waals surface area (Å²) in [7, 11) is 1.66. The van der Waals surface area contributed by atoms with Gasteiger partial charge in [0.1, 0.15) is 12.4 Å². The van der Waals surface area contributed by atoms with Gasteiger partial charge in [0, 0.05) is 13.7 Å². The van der Waals surface area contributed by atoms with E-state index in [1.54, 1.807) is 7.11 Å². The molecule has 0 radical (unpaired) electrons. The summed E-state index contributed by atoms with van der Waals surface area (Å²) >= 11 is 0. The number of hydrogen-bond acceptors (Lipinski definition) is 7. The van der Waals surface area contributed by atoms with Crippen molar-refractivity contribution in [3.63, 3.8) is 0 Å². The highest BCUT2D eigenvalue weighted by molar-refractivity contribution is 5.21. The summed E-state index contributed by atoms with van der Waals surface area (Å²) in [5.41, 5.74) is 0. The van der Waals surface area contributed by atoms with Crippen LogP contribution in [0.1, 0.15) is 5.89 Å². The molecule has 0 bridgehead atoms. The van der Waals surface area contributed by atoms with E-state index in [-0.39, 0.29) is 0 Å². The zero-order valence-electron chi connectivity index (χ0n) is 12.0. The average molecular weight is 292 g/mol. The van der Waals surface area contributed by atoms with Crippen molar-refractivity contribution < 1.29 is 13.9 Å². The van der Waals surface area contributed by atoms with Gasteiger partial charge < -0.3 is 24.5 Å². The van der Waals surface area contributed by atoms with Crippen molar-refractivity contribution in [3.05, 3.63) is 36.2 Å². The van der Waals surface area contributed by atoms with Gasteiger partial charge in [-0.2, -0.15) is 0 Å². The van der Waals surface area contributed by atoms with Crippen LogP contribution < -0.4 is 15.4 Å². The Morgan fingerprint density at radius 3 is 2.76 bits per heavy atom. The number of para-hydroxylation sites is 1. The van der Waals surface area contributed by atoms with Crippen molar-refractivity contribution in [2.75, 3.05) is 38.7 Å². The molecule has 1 aromatic carbocycles. The molecule has 7 heteroatoms. The fourth-order valence-electron chi connectivity index (χ4n) is 1.61. The van der Waals surface area contributed by atoms with Crippen molar-refractivity contribution in [3.8, 4) is 5.75 Å². The summed E-state index contributed by atoms with van der Waals surface area (Å²) in [6, 6.07) is 10.0. The maximum atomic E-state index is 5.55. The Kier molecular flexibility index (Phi) is 6.50. The van der Waals surface area contributed by atoms with Gasteiger partial charge >= 0.3 is 6.01 Å². The Morgan fingerprint density at radius 1 is 1.10 bits per heavy atom. The van der Waals surface area contributed by atoms with Gasteiger partial charge in [0.05, 0.1) is 19.7 Å². The number of aromatic nitrogens is 2. The normalized spacial score (nSPS) is 10.5. The maximum absolute atomic E-state index is 5.55. The lowest BCUT2D eigenvalue weighted by Crippen LogP contribution is -2.18. The first-order valence-corrected chi connectivity index (χ1v) is 6.82. The third kappa shape index (κ3) is 5.80. The summed E-state index contributed by atoms with van der Waals surface area (Å²) in [6.07, 6.45) is 0. The summed E-state index contributed by atoms with van der Waals surface area (Å²) in [4.78, 5) is 0. The first-order valence-electron chi connectivity index (χ1n) is 6.82. The Labute approximate surface area is 123 Å². The molecule has 0 spiro atoms. The fraction of sp³-hybridized carbons (Fsp3) is 0.429. The van der Waals surface area contributed by atoms with Crippen LogP contribution in [0.2, 0.25) is 0 Å². The molecular formula is C14H20N4O3. The molecule has 0 unspecified atom stereocenters. The third-order valence-corrected chi connectivity index (χ3v) is 2.62. The first kappa shape index (κ1) is 15.3. The lowest BCUT2D eigenvalue weighted by atomic mass is 10.3. The molecule has 0 saturated carbocycles. The van der Waals surface area contributed by atoms with Gasteiger partial charge in [-0.15, -0.1) is 5.10 Å². The summed E-state index contributed by atoms with van der Waals surface area (Å²) in [5.74, 6) is 1.38. The number of nitrogens with zero attached hydrogens (tertiary/aromatic N) is 2. The van der Waals surface area contributed by atoms with Gasteiger partial charge in [-0.3, -0.25) is 0 Å². The average Bonchev–Trinajstić information content (AvgIpc) is 2.97. The van der Waals surface area contributed by atoms with E-state index in [1.807, 2.05) is 30.3 Å². The first-order chi connectivity index (χ1) is 10.4. The number of anilines is 1. The Balaban J connectivity index is 1.61. The van der Waals surface area contributed by atoms with Gasteiger partial charge in [0.15, 0.2) is 0 Å². The third-order valence-electron chi connectivity index (χ3n) is 2.62. The minimum Gasteiger partial charge on any atom is -0.492 e. The second kappa shape index (κ2) is 8.93. The Morgan fingerprint density at radius 2 is 1.95 bits per heavy atom. The molecule has 21 heavy (non-hydrogen) atoms. The highest BCUT2D eigenvalue weighted by atomic mass is 16.5. The smallest absolute Gasteiger partial charge is 0.315 e. The van der Waals surface area contributed by atoms with Gasteiger partial charge in [-0.05, 0) is 12.1 Å². The lowest BCUT2D eigenvalue weighted by Gasteiger charge is -2.05. The molecular weight excluding hydrogens is 272 g/mol. The van der Waals surface area contributed by atoms with Crippen molar-refractivity contribution in [1.29, 1.82) is 0 Å². The van der Waals surface area contributed by atoms with Crippen LogP contribution in [0, 0.1) is 0 Å². The van der Waals surface area contributed by atoms with Crippen LogP contribution in [-0.4, -0.2) is 43.6 Å². The molecule has 1 heterocycles. The van der Waals surface area contributed by atoms with Crippen LogP contribution in [0.4, 0.5) is 6.01 Å². The van der Waals surface area contributed by atoms with Crippen LogP contribution in [0.3, 0.4) is 0 Å². The number of benzene rings is 1. The molecule has 2 rings (SSSR count). The number of rotatable bonds is 10. The van der Waals surface area contributed by atoms with Crippen LogP contribution in [0.5, 0.6) is 5.75 Å². The van der Waals surface area contributed by atoms with Crippen LogP contribution in [0.15, 0.2) is 34.7 Å². The lowest BCUT2D eigenvalue weighted by molar-refractivity contribution is 0.198. The number of ether oxygens (including phenoxy) is 2. The summed E-state index contributed by atoms with van der Waals surface area (Å²) in [5, 5.41) is 14.0. The van der Waals surface area contributed by atoms with Crippen LogP contribution in [0.25, 0.3) is 0 Å². The number of hydrogen-bond donors (Lipinski definition) is 2. The summed E-state index contributed by atoms with van der Waals surface area (Å²) in [6.45, 7) is 3.03. The zero-order valence-corrected chi connectivity index (χ0v) is 12.0. The molecule has 0 fully saturated rings. The molecule has 7 nitrogen and oxygen atoms in total. The predicted molar refractivity (Wildman–Crippen MR) is 78.3 cm³/mol. The number of methoxy groups -OCH3 is 1. The largest absolute Gasteiger partial charge is 0.492 e. The van der Waals surface area contributed by atoms with Crippen molar-refractivity contribution in [2.24, 2.45) is 0 Å². The monoisotopic (exact) mass is 292 g/mol. The molecule has 114 valence electrons. The van der Waals surface area contributed by atoms with Crippen LogP contribution in [-0.2, 0) is 11.3 Å². The van der Waals surface area contributed by atoms with E-state index in [2.05, 4.69) is 20.8 Å². The number of nitrogens with one attached hydrogen (secondary N) is 2.